The Morgan fingerprint density at radius 2 is 1.93 bits per heavy atom. The quantitative estimate of drug-likeness (QED) is 0.783. The molecule has 1 saturated carbocycles. The minimum atomic E-state index is 0.252. The highest BCUT2D eigenvalue weighted by Crippen LogP contribution is 2.31. The number of nitrogens with zero attached hydrogens (tertiary/aromatic N) is 1. The molecule has 0 aliphatic heterocycles. The molecule has 82 valence electrons. The highest BCUT2D eigenvalue weighted by Gasteiger charge is 2.17. The molecule has 15 heavy (non-hydrogen) atoms. The van der Waals surface area contributed by atoms with Crippen LogP contribution in [0.15, 0.2) is 12.3 Å². The molecule has 2 rings (SSSR count). The average Bonchev–Trinajstić information content (AvgIpc) is 2.26. The van der Waals surface area contributed by atoms with Gasteiger partial charge in [-0.05, 0) is 31.7 Å². The van der Waals surface area contributed by atoms with Gasteiger partial charge in [-0.25, -0.2) is 4.98 Å². The van der Waals surface area contributed by atoms with Gasteiger partial charge in [0.2, 0.25) is 5.88 Å². The van der Waals surface area contributed by atoms with Crippen LogP contribution >= 0.6 is 23.2 Å². The Kier molecular flexibility index (Phi) is 3.71. The number of rotatable bonds is 2. The van der Waals surface area contributed by atoms with Crippen LogP contribution < -0.4 is 4.74 Å². The van der Waals surface area contributed by atoms with Crippen molar-refractivity contribution < 1.29 is 4.74 Å². The molecule has 0 atom stereocenters. The fourth-order valence-corrected chi connectivity index (χ4v) is 2.12. The summed E-state index contributed by atoms with van der Waals surface area (Å²) in [5, 5.41) is 0.919. The van der Waals surface area contributed by atoms with Crippen molar-refractivity contribution in [2.24, 2.45) is 0 Å². The summed E-state index contributed by atoms with van der Waals surface area (Å²) in [5.41, 5.74) is 0. The number of hydrogen-bond acceptors (Lipinski definition) is 2. The molecule has 1 aliphatic carbocycles. The van der Waals surface area contributed by atoms with Gasteiger partial charge in [0.05, 0.1) is 5.02 Å². The molecule has 1 fully saturated rings. The summed E-state index contributed by atoms with van der Waals surface area (Å²) in [6.07, 6.45) is 7.80. The first kappa shape index (κ1) is 11.0. The number of pyridine rings is 1. The predicted molar refractivity (Wildman–Crippen MR) is 61.8 cm³/mol. The maximum atomic E-state index is 5.99. The van der Waals surface area contributed by atoms with E-state index in [1.807, 2.05) is 0 Å². The number of aromatic nitrogens is 1. The summed E-state index contributed by atoms with van der Waals surface area (Å²) in [7, 11) is 0. The summed E-state index contributed by atoms with van der Waals surface area (Å²) in [4.78, 5) is 4.09. The average molecular weight is 246 g/mol. The fraction of sp³-hybridized carbons (Fsp3) is 0.545. The number of halogens is 2. The zero-order valence-corrected chi connectivity index (χ0v) is 9.89. The van der Waals surface area contributed by atoms with Crippen LogP contribution in [0.3, 0.4) is 0 Å². The lowest BCUT2D eigenvalue weighted by Gasteiger charge is -2.22. The molecule has 0 bridgehead atoms. The van der Waals surface area contributed by atoms with Crippen LogP contribution in [0.2, 0.25) is 10.0 Å². The highest BCUT2D eigenvalue weighted by atomic mass is 35.5. The summed E-state index contributed by atoms with van der Waals surface area (Å²) in [6, 6.07) is 1.66. The van der Waals surface area contributed by atoms with Gasteiger partial charge in [-0.1, -0.05) is 29.6 Å². The Bertz CT molecular complexity index is 337. The van der Waals surface area contributed by atoms with Crippen LogP contribution in [-0.4, -0.2) is 11.1 Å². The van der Waals surface area contributed by atoms with Crippen molar-refractivity contribution >= 4 is 23.2 Å². The lowest BCUT2D eigenvalue weighted by Crippen LogP contribution is -2.20. The topological polar surface area (TPSA) is 22.1 Å². The Balaban J connectivity index is 2.06. The Labute approximate surface area is 99.6 Å². The number of ether oxygens (including phenoxy) is 1. The molecule has 0 unspecified atom stereocenters. The molecular formula is C11H13Cl2NO. The van der Waals surface area contributed by atoms with Gasteiger partial charge in [0.1, 0.15) is 11.1 Å². The van der Waals surface area contributed by atoms with E-state index in [4.69, 9.17) is 27.9 Å². The molecule has 0 amide bonds. The van der Waals surface area contributed by atoms with Gasteiger partial charge in [0, 0.05) is 6.20 Å². The van der Waals surface area contributed by atoms with Gasteiger partial charge in [-0.3, -0.25) is 0 Å². The van der Waals surface area contributed by atoms with E-state index in [1.165, 1.54) is 19.3 Å². The van der Waals surface area contributed by atoms with Crippen LogP contribution in [0.1, 0.15) is 32.1 Å². The third-order valence-electron chi connectivity index (χ3n) is 2.64. The van der Waals surface area contributed by atoms with E-state index >= 15 is 0 Å². The molecule has 1 aliphatic rings. The van der Waals surface area contributed by atoms with Gasteiger partial charge in [-0.2, -0.15) is 0 Å². The molecule has 0 saturated heterocycles. The molecule has 1 aromatic heterocycles. The summed E-state index contributed by atoms with van der Waals surface area (Å²) < 4.78 is 5.74. The SMILES string of the molecule is Clc1ccnc(OC2CCCCC2)c1Cl. The first-order valence-corrected chi connectivity index (χ1v) is 5.99. The lowest BCUT2D eigenvalue weighted by molar-refractivity contribution is 0.149. The van der Waals surface area contributed by atoms with Crippen LogP contribution in [0.5, 0.6) is 5.88 Å². The van der Waals surface area contributed by atoms with E-state index in [1.54, 1.807) is 12.3 Å². The molecule has 1 heterocycles. The van der Waals surface area contributed by atoms with Crippen LogP contribution in [-0.2, 0) is 0 Å². The minimum Gasteiger partial charge on any atom is -0.473 e. The standard InChI is InChI=1S/C11H13Cl2NO/c12-9-6-7-14-11(10(9)13)15-8-4-2-1-3-5-8/h6-8H,1-5H2. The molecule has 0 spiro atoms. The van der Waals surface area contributed by atoms with Gasteiger partial charge in [0.15, 0.2) is 0 Å². The van der Waals surface area contributed by atoms with Gasteiger partial charge < -0.3 is 4.74 Å². The lowest BCUT2D eigenvalue weighted by atomic mass is 9.98. The van der Waals surface area contributed by atoms with Gasteiger partial charge in [0.25, 0.3) is 0 Å². The van der Waals surface area contributed by atoms with E-state index < -0.39 is 0 Å². The smallest absolute Gasteiger partial charge is 0.234 e. The van der Waals surface area contributed by atoms with Crippen molar-refractivity contribution in [1.29, 1.82) is 0 Å². The molecule has 4 heteroatoms. The van der Waals surface area contributed by atoms with Crippen molar-refractivity contribution in [3.05, 3.63) is 22.3 Å². The molecule has 0 aromatic carbocycles. The van der Waals surface area contributed by atoms with E-state index in [-0.39, 0.29) is 6.10 Å². The second-order valence-corrected chi connectivity index (χ2v) is 4.57. The summed E-state index contributed by atoms with van der Waals surface area (Å²) in [5.74, 6) is 0.469. The predicted octanol–water partition coefficient (Wildman–Crippen LogP) is 4.10. The summed E-state index contributed by atoms with van der Waals surface area (Å²) in [6.45, 7) is 0. The monoisotopic (exact) mass is 245 g/mol. The third-order valence-corrected chi connectivity index (χ3v) is 3.42. The van der Waals surface area contributed by atoms with E-state index in [9.17, 15) is 0 Å². The molecule has 0 N–H and O–H groups in total. The van der Waals surface area contributed by atoms with Crippen molar-refractivity contribution in [2.75, 3.05) is 0 Å². The first-order valence-electron chi connectivity index (χ1n) is 5.24. The van der Waals surface area contributed by atoms with Crippen LogP contribution in [0, 0.1) is 0 Å². The Morgan fingerprint density at radius 3 is 2.67 bits per heavy atom. The van der Waals surface area contributed by atoms with Crippen molar-refractivity contribution in [2.45, 2.75) is 38.2 Å². The Morgan fingerprint density at radius 1 is 1.20 bits per heavy atom. The van der Waals surface area contributed by atoms with E-state index in [2.05, 4.69) is 4.98 Å². The van der Waals surface area contributed by atoms with E-state index in [0.29, 0.717) is 15.9 Å². The van der Waals surface area contributed by atoms with Gasteiger partial charge >= 0.3 is 0 Å². The second-order valence-electron chi connectivity index (χ2n) is 3.79. The third kappa shape index (κ3) is 2.76. The van der Waals surface area contributed by atoms with Crippen molar-refractivity contribution in [1.82, 2.24) is 4.98 Å². The Hall–Kier alpha value is -0.470. The van der Waals surface area contributed by atoms with Crippen LogP contribution in [0.4, 0.5) is 0 Å². The van der Waals surface area contributed by atoms with Gasteiger partial charge in [-0.15, -0.1) is 0 Å². The van der Waals surface area contributed by atoms with Crippen molar-refractivity contribution in [3.63, 3.8) is 0 Å². The van der Waals surface area contributed by atoms with Crippen LogP contribution in [0.25, 0.3) is 0 Å². The summed E-state index contributed by atoms with van der Waals surface area (Å²) >= 11 is 11.9. The zero-order chi connectivity index (χ0) is 10.7. The second kappa shape index (κ2) is 5.04. The number of hydrogen-bond donors (Lipinski definition) is 0. The fourth-order valence-electron chi connectivity index (χ4n) is 1.83. The first-order chi connectivity index (χ1) is 7.27. The molecule has 1 aromatic rings. The molecule has 2 nitrogen and oxygen atoms in total. The highest BCUT2D eigenvalue weighted by molar-refractivity contribution is 6.42. The molecule has 0 radical (unpaired) electrons. The largest absolute Gasteiger partial charge is 0.473 e. The maximum Gasteiger partial charge on any atom is 0.234 e. The normalized spacial score (nSPS) is 17.7. The molecular weight excluding hydrogens is 233 g/mol. The maximum absolute atomic E-state index is 5.99. The van der Waals surface area contributed by atoms with E-state index in [0.717, 1.165) is 12.8 Å². The zero-order valence-electron chi connectivity index (χ0n) is 8.38. The van der Waals surface area contributed by atoms with Crippen molar-refractivity contribution in [3.8, 4) is 5.88 Å². The minimum absolute atomic E-state index is 0.252.